The molecule has 2 aromatic rings. The van der Waals surface area contributed by atoms with Crippen molar-refractivity contribution in [1.29, 1.82) is 0 Å². The van der Waals surface area contributed by atoms with E-state index in [1.54, 1.807) is 0 Å². The maximum atomic E-state index is 13.7. The Hall–Kier alpha value is -2.17. The van der Waals surface area contributed by atoms with Crippen LogP contribution in [0.15, 0.2) is 42.7 Å². The number of carbonyl (C=O) groups is 1. The van der Waals surface area contributed by atoms with Gasteiger partial charge < -0.3 is 0 Å². The van der Waals surface area contributed by atoms with E-state index >= 15 is 0 Å². The first-order valence-electron chi connectivity index (χ1n) is 5.12. The van der Waals surface area contributed by atoms with Gasteiger partial charge in [0.2, 0.25) is 0 Å². The van der Waals surface area contributed by atoms with Crippen LogP contribution < -0.4 is 0 Å². The lowest BCUT2D eigenvalue weighted by Gasteiger charge is -2.06. The van der Waals surface area contributed by atoms with Gasteiger partial charge in [-0.25, -0.2) is 13.2 Å². The lowest BCUT2D eigenvalue weighted by Crippen LogP contribution is -2.06. The highest BCUT2D eigenvalue weighted by Crippen LogP contribution is 2.25. The average molecular weight is 251 g/mol. The maximum Gasteiger partial charge on any atom is 0.266 e. The number of carbonyl (C=O) groups excluding carboxylic acids is 1. The number of alkyl halides is 2. The van der Waals surface area contributed by atoms with Crippen LogP contribution in [0.3, 0.4) is 0 Å². The Kier molecular flexibility index (Phi) is 3.41. The summed E-state index contributed by atoms with van der Waals surface area (Å²) < 4.78 is 38.8. The number of hydrogen-bond acceptors (Lipinski definition) is 2. The van der Waals surface area contributed by atoms with Crippen LogP contribution in [0.5, 0.6) is 0 Å². The third-order valence-electron chi connectivity index (χ3n) is 2.45. The normalized spacial score (nSPS) is 10.7. The molecule has 0 saturated carbocycles. The largest absolute Gasteiger partial charge is 0.288 e. The molecule has 0 aliphatic rings. The quantitative estimate of drug-likeness (QED) is 0.782. The van der Waals surface area contributed by atoms with Gasteiger partial charge in [0.1, 0.15) is 5.82 Å². The predicted octanol–water partition coefficient (Wildman–Crippen LogP) is 3.39. The van der Waals surface area contributed by atoms with E-state index in [-0.39, 0.29) is 11.1 Å². The third-order valence-corrected chi connectivity index (χ3v) is 2.45. The number of aromatic nitrogens is 1. The van der Waals surface area contributed by atoms with Crippen molar-refractivity contribution in [1.82, 2.24) is 4.98 Å². The van der Waals surface area contributed by atoms with E-state index in [0.717, 1.165) is 6.07 Å². The molecular weight excluding hydrogens is 243 g/mol. The molecule has 0 radical (unpaired) electrons. The van der Waals surface area contributed by atoms with Gasteiger partial charge in [-0.3, -0.25) is 9.78 Å². The van der Waals surface area contributed by atoms with Crippen molar-refractivity contribution in [2.75, 3.05) is 0 Å². The zero-order valence-corrected chi connectivity index (χ0v) is 9.11. The molecule has 2 nitrogen and oxygen atoms in total. The van der Waals surface area contributed by atoms with E-state index in [2.05, 4.69) is 4.98 Å². The SMILES string of the molecule is O=C(c1ccncc1)c1cccc(C(F)F)c1F. The highest BCUT2D eigenvalue weighted by molar-refractivity contribution is 6.09. The number of pyridine rings is 1. The molecule has 0 aliphatic carbocycles. The summed E-state index contributed by atoms with van der Waals surface area (Å²) in [5.41, 5.74) is -0.927. The lowest BCUT2D eigenvalue weighted by molar-refractivity contribution is 0.103. The molecule has 5 heteroatoms. The fourth-order valence-corrected chi connectivity index (χ4v) is 1.55. The zero-order chi connectivity index (χ0) is 13.1. The van der Waals surface area contributed by atoms with E-state index in [4.69, 9.17) is 0 Å². The minimum atomic E-state index is -2.95. The van der Waals surface area contributed by atoms with Crippen LogP contribution in [0.4, 0.5) is 13.2 Å². The second-order valence-electron chi connectivity index (χ2n) is 3.57. The van der Waals surface area contributed by atoms with Gasteiger partial charge in [-0.15, -0.1) is 0 Å². The van der Waals surface area contributed by atoms with Crippen molar-refractivity contribution in [3.8, 4) is 0 Å². The standard InChI is InChI=1S/C13H8F3NO/c14-11-9(2-1-3-10(11)13(15)16)12(18)8-4-6-17-7-5-8/h1-7,13H. The number of rotatable bonds is 3. The number of ketones is 1. The van der Waals surface area contributed by atoms with Gasteiger partial charge in [-0.1, -0.05) is 12.1 Å². The molecule has 0 saturated heterocycles. The second-order valence-corrected chi connectivity index (χ2v) is 3.57. The Bertz CT molecular complexity index is 570. The van der Waals surface area contributed by atoms with Crippen LogP contribution in [0.25, 0.3) is 0 Å². The molecule has 1 aromatic heterocycles. The van der Waals surface area contributed by atoms with Crippen molar-refractivity contribution >= 4 is 5.78 Å². The van der Waals surface area contributed by atoms with Crippen molar-refractivity contribution in [2.24, 2.45) is 0 Å². The summed E-state index contributed by atoms with van der Waals surface area (Å²) in [6.07, 6.45) is -0.195. The zero-order valence-electron chi connectivity index (χ0n) is 9.11. The van der Waals surface area contributed by atoms with Gasteiger partial charge in [-0.2, -0.15) is 0 Å². The molecule has 0 atom stereocenters. The van der Waals surface area contributed by atoms with Gasteiger partial charge >= 0.3 is 0 Å². The fraction of sp³-hybridized carbons (Fsp3) is 0.0769. The Labute approximate surface area is 101 Å². The number of hydrogen-bond donors (Lipinski definition) is 0. The van der Waals surface area contributed by atoms with E-state index in [9.17, 15) is 18.0 Å². The topological polar surface area (TPSA) is 30.0 Å². The number of halogens is 3. The van der Waals surface area contributed by atoms with Crippen molar-refractivity contribution < 1.29 is 18.0 Å². The van der Waals surface area contributed by atoms with E-state index < -0.39 is 23.6 Å². The molecule has 0 unspecified atom stereocenters. The first-order chi connectivity index (χ1) is 8.61. The number of benzene rings is 1. The van der Waals surface area contributed by atoms with Crippen LogP contribution in [0.2, 0.25) is 0 Å². The van der Waals surface area contributed by atoms with Crippen molar-refractivity contribution in [3.05, 3.63) is 65.2 Å². The Morgan fingerprint density at radius 1 is 1.11 bits per heavy atom. The smallest absolute Gasteiger partial charge is 0.266 e. The van der Waals surface area contributed by atoms with Gasteiger partial charge in [0.25, 0.3) is 6.43 Å². The molecule has 92 valence electrons. The molecule has 0 N–H and O–H groups in total. The summed E-state index contributed by atoms with van der Waals surface area (Å²) in [4.78, 5) is 15.7. The van der Waals surface area contributed by atoms with Gasteiger partial charge in [0, 0.05) is 18.0 Å². The van der Waals surface area contributed by atoms with Crippen molar-refractivity contribution in [3.63, 3.8) is 0 Å². The van der Waals surface area contributed by atoms with Crippen LogP contribution in [0.1, 0.15) is 27.9 Å². The van der Waals surface area contributed by atoms with Crippen LogP contribution >= 0.6 is 0 Å². The van der Waals surface area contributed by atoms with E-state index in [0.29, 0.717) is 0 Å². The predicted molar refractivity (Wildman–Crippen MR) is 59.0 cm³/mol. The van der Waals surface area contributed by atoms with E-state index in [1.165, 1.54) is 36.7 Å². The first-order valence-corrected chi connectivity index (χ1v) is 5.12. The molecule has 0 bridgehead atoms. The Morgan fingerprint density at radius 2 is 1.78 bits per heavy atom. The monoisotopic (exact) mass is 251 g/mol. The summed E-state index contributed by atoms with van der Waals surface area (Å²) in [5.74, 6) is -1.81. The van der Waals surface area contributed by atoms with Crippen LogP contribution in [0, 0.1) is 5.82 Å². The Morgan fingerprint density at radius 3 is 2.39 bits per heavy atom. The average Bonchev–Trinajstić information content (AvgIpc) is 2.39. The van der Waals surface area contributed by atoms with Crippen LogP contribution in [-0.2, 0) is 0 Å². The molecule has 0 spiro atoms. The Balaban J connectivity index is 2.47. The van der Waals surface area contributed by atoms with Gasteiger partial charge in [0.15, 0.2) is 5.78 Å². The lowest BCUT2D eigenvalue weighted by atomic mass is 10.0. The highest BCUT2D eigenvalue weighted by Gasteiger charge is 2.20. The summed E-state index contributed by atoms with van der Waals surface area (Å²) in [6.45, 7) is 0. The summed E-state index contributed by atoms with van der Waals surface area (Å²) in [6, 6.07) is 6.18. The summed E-state index contributed by atoms with van der Waals surface area (Å²) in [7, 11) is 0. The molecule has 1 aromatic carbocycles. The van der Waals surface area contributed by atoms with Gasteiger partial charge in [-0.05, 0) is 18.2 Å². The molecule has 0 aliphatic heterocycles. The van der Waals surface area contributed by atoms with Gasteiger partial charge in [0.05, 0.1) is 11.1 Å². The molecule has 0 fully saturated rings. The molecule has 18 heavy (non-hydrogen) atoms. The molecular formula is C13H8F3NO. The fourth-order valence-electron chi connectivity index (χ4n) is 1.55. The van der Waals surface area contributed by atoms with E-state index in [1.807, 2.05) is 0 Å². The summed E-state index contributed by atoms with van der Waals surface area (Å²) >= 11 is 0. The molecule has 1 heterocycles. The number of nitrogens with zero attached hydrogens (tertiary/aromatic N) is 1. The second kappa shape index (κ2) is 5.00. The van der Waals surface area contributed by atoms with Crippen LogP contribution in [-0.4, -0.2) is 10.8 Å². The summed E-state index contributed by atoms with van der Waals surface area (Å²) in [5, 5.41) is 0. The minimum Gasteiger partial charge on any atom is -0.288 e. The minimum absolute atomic E-state index is 0.204. The molecule has 2 rings (SSSR count). The molecule has 0 amide bonds. The first kappa shape index (κ1) is 12.3. The highest BCUT2D eigenvalue weighted by atomic mass is 19.3. The van der Waals surface area contributed by atoms with Crippen molar-refractivity contribution in [2.45, 2.75) is 6.43 Å². The maximum absolute atomic E-state index is 13.7. The third kappa shape index (κ3) is 2.25.